The van der Waals surface area contributed by atoms with Crippen LogP contribution in [-0.2, 0) is 4.74 Å². The third-order valence-electron chi connectivity index (χ3n) is 6.22. The highest BCUT2D eigenvalue weighted by Crippen LogP contribution is 2.36. The first-order valence-corrected chi connectivity index (χ1v) is 11.3. The summed E-state index contributed by atoms with van der Waals surface area (Å²) in [7, 11) is 1.52. The molecule has 2 aromatic heterocycles. The molecule has 9 nitrogen and oxygen atoms in total. The Balaban J connectivity index is 1.47. The van der Waals surface area contributed by atoms with Crippen molar-refractivity contribution in [2.24, 2.45) is 0 Å². The van der Waals surface area contributed by atoms with Crippen molar-refractivity contribution >= 4 is 11.3 Å². The summed E-state index contributed by atoms with van der Waals surface area (Å²) in [5.41, 5.74) is 8.92. The predicted octanol–water partition coefficient (Wildman–Crippen LogP) is 3.91. The quantitative estimate of drug-likeness (QED) is 0.433. The van der Waals surface area contributed by atoms with Crippen molar-refractivity contribution in [3.8, 4) is 34.6 Å². The molecule has 0 amide bonds. The van der Waals surface area contributed by atoms with Gasteiger partial charge in [0.2, 0.25) is 0 Å². The Morgan fingerprint density at radius 2 is 2.00 bits per heavy atom. The standard InChI is InChI=1S/C26H25N5O4/c1-33-21-3-2-4-22(20(21)13-27)35-18-8-5-16(6-9-18)23-24-25(28)29-11-12-31(24)26(30-23)17-7-10-19(14-32)34-15-17/h2-6,8-9,11-12,17,19,32H,7,10,14-15H2,1H3,(H2,28,29)/t17-,19-/m1/s1. The first-order chi connectivity index (χ1) is 17.1. The molecule has 2 aromatic carbocycles. The van der Waals surface area contributed by atoms with Crippen LogP contribution in [0.4, 0.5) is 5.82 Å². The highest BCUT2D eigenvalue weighted by atomic mass is 16.5. The van der Waals surface area contributed by atoms with E-state index in [2.05, 4.69) is 11.1 Å². The number of nitrogens with zero attached hydrogens (tertiary/aromatic N) is 4. The van der Waals surface area contributed by atoms with Crippen LogP contribution in [0.1, 0.15) is 30.1 Å². The minimum Gasteiger partial charge on any atom is -0.495 e. The van der Waals surface area contributed by atoms with E-state index in [0.717, 1.165) is 35.4 Å². The lowest BCUT2D eigenvalue weighted by Gasteiger charge is -2.27. The van der Waals surface area contributed by atoms with Crippen LogP contribution in [-0.4, -0.2) is 45.9 Å². The van der Waals surface area contributed by atoms with E-state index in [1.807, 2.05) is 34.9 Å². The summed E-state index contributed by atoms with van der Waals surface area (Å²) in [4.78, 5) is 9.23. The molecule has 2 atom stereocenters. The second-order valence-corrected chi connectivity index (χ2v) is 8.33. The number of nitriles is 1. The van der Waals surface area contributed by atoms with Gasteiger partial charge in [-0.1, -0.05) is 6.07 Å². The van der Waals surface area contributed by atoms with E-state index in [0.29, 0.717) is 35.2 Å². The molecule has 178 valence electrons. The zero-order valence-electron chi connectivity index (χ0n) is 19.2. The van der Waals surface area contributed by atoms with Gasteiger partial charge in [0.25, 0.3) is 0 Å². The molecule has 5 rings (SSSR count). The number of nitrogens with two attached hydrogens (primary N) is 1. The molecule has 1 aliphatic rings. The molecule has 9 heteroatoms. The lowest BCUT2D eigenvalue weighted by Crippen LogP contribution is -2.28. The number of rotatable bonds is 6. The molecular formula is C26H25N5O4. The van der Waals surface area contributed by atoms with Crippen LogP contribution < -0.4 is 15.2 Å². The van der Waals surface area contributed by atoms with Gasteiger partial charge in [0.15, 0.2) is 0 Å². The molecule has 3 heterocycles. The van der Waals surface area contributed by atoms with Gasteiger partial charge < -0.3 is 25.1 Å². The van der Waals surface area contributed by atoms with Gasteiger partial charge in [-0.3, -0.25) is 4.40 Å². The second kappa shape index (κ2) is 9.62. The van der Waals surface area contributed by atoms with Crippen LogP contribution >= 0.6 is 0 Å². The fraction of sp³-hybridized carbons (Fsp3) is 0.269. The largest absolute Gasteiger partial charge is 0.495 e. The van der Waals surface area contributed by atoms with Crippen molar-refractivity contribution in [3.63, 3.8) is 0 Å². The van der Waals surface area contributed by atoms with E-state index < -0.39 is 0 Å². The van der Waals surface area contributed by atoms with Crippen LogP contribution in [0.15, 0.2) is 54.9 Å². The SMILES string of the molecule is COc1cccc(Oc2ccc(-c3nc([C@@H]4CC[C@H](CO)OC4)n4ccnc(N)c34)cc2)c1C#N. The summed E-state index contributed by atoms with van der Waals surface area (Å²) in [5, 5.41) is 18.9. The maximum Gasteiger partial charge on any atom is 0.150 e. The molecule has 0 spiro atoms. The number of hydrogen-bond donors (Lipinski definition) is 2. The molecule has 0 unspecified atom stereocenters. The molecular weight excluding hydrogens is 446 g/mol. The number of benzene rings is 2. The normalized spacial score (nSPS) is 17.7. The van der Waals surface area contributed by atoms with Crippen LogP contribution in [0.5, 0.6) is 17.2 Å². The van der Waals surface area contributed by atoms with Crippen molar-refractivity contribution in [1.82, 2.24) is 14.4 Å². The number of aromatic nitrogens is 3. The van der Waals surface area contributed by atoms with Gasteiger partial charge in [-0.25, -0.2) is 9.97 Å². The fourth-order valence-corrected chi connectivity index (χ4v) is 4.41. The van der Waals surface area contributed by atoms with E-state index in [-0.39, 0.29) is 18.6 Å². The van der Waals surface area contributed by atoms with Crippen molar-refractivity contribution in [3.05, 3.63) is 66.2 Å². The van der Waals surface area contributed by atoms with Crippen LogP contribution in [0.25, 0.3) is 16.8 Å². The number of imidazole rings is 1. The minimum absolute atomic E-state index is 0.0250. The predicted molar refractivity (Wildman–Crippen MR) is 129 cm³/mol. The number of anilines is 1. The molecule has 0 radical (unpaired) electrons. The second-order valence-electron chi connectivity index (χ2n) is 8.33. The Labute approximate surface area is 202 Å². The summed E-state index contributed by atoms with van der Waals surface area (Å²) in [5.74, 6) is 2.78. The zero-order chi connectivity index (χ0) is 24.4. The molecule has 0 bridgehead atoms. The van der Waals surface area contributed by atoms with Crippen molar-refractivity contribution in [1.29, 1.82) is 5.26 Å². The Hall–Kier alpha value is -4.13. The lowest BCUT2D eigenvalue weighted by molar-refractivity contribution is -0.0282. The Morgan fingerprint density at radius 1 is 1.20 bits per heavy atom. The molecule has 4 aromatic rings. The zero-order valence-corrected chi connectivity index (χ0v) is 19.2. The van der Waals surface area contributed by atoms with Gasteiger partial charge >= 0.3 is 0 Å². The average Bonchev–Trinajstić information content (AvgIpc) is 3.30. The molecule has 35 heavy (non-hydrogen) atoms. The number of hydrogen-bond acceptors (Lipinski definition) is 8. The van der Waals surface area contributed by atoms with E-state index in [1.54, 1.807) is 24.4 Å². The van der Waals surface area contributed by atoms with Gasteiger partial charge in [0.05, 0.1) is 26.4 Å². The maximum atomic E-state index is 9.51. The Bertz CT molecular complexity index is 1390. The molecule has 0 saturated carbocycles. The van der Waals surface area contributed by atoms with E-state index in [4.69, 9.17) is 24.9 Å². The Kier molecular flexibility index (Phi) is 6.23. The van der Waals surface area contributed by atoms with E-state index in [1.165, 1.54) is 7.11 Å². The fourth-order valence-electron chi connectivity index (χ4n) is 4.41. The number of fused-ring (bicyclic) bond motifs is 1. The maximum absolute atomic E-state index is 9.51. The first kappa shape index (κ1) is 22.7. The Morgan fingerprint density at radius 3 is 2.69 bits per heavy atom. The number of ether oxygens (including phenoxy) is 3. The van der Waals surface area contributed by atoms with Gasteiger partial charge in [0, 0.05) is 23.9 Å². The van der Waals surface area contributed by atoms with E-state index >= 15 is 0 Å². The smallest absolute Gasteiger partial charge is 0.150 e. The molecule has 1 saturated heterocycles. The van der Waals surface area contributed by atoms with Crippen LogP contribution in [0.3, 0.4) is 0 Å². The number of methoxy groups -OCH3 is 1. The monoisotopic (exact) mass is 471 g/mol. The third kappa shape index (κ3) is 4.25. The van der Waals surface area contributed by atoms with Crippen molar-refractivity contribution < 1.29 is 19.3 Å². The van der Waals surface area contributed by atoms with E-state index in [9.17, 15) is 10.4 Å². The van der Waals surface area contributed by atoms with Crippen molar-refractivity contribution in [2.45, 2.75) is 24.9 Å². The minimum atomic E-state index is -0.123. The molecule has 3 N–H and O–H groups in total. The topological polar surface area (TPSA) is 128 Å². The summed E-state index contributed by atoms with van der Waals surface area (Å²) < 4.78 is 19.0. The summed E-state index contributed by atoms with van der Waals surface area (Å²) in [6.07, 6.45) is 5.03. The highest BCUT2D eigenvalue weighted by molar-refractivity contribution is 5.85. The van der Waals surface area contributed by atoms with Crippen molar-refractivity contribution in [2.75, 3.05) is 26.1 Å². The first-order valence-electron chi connectivity index (χ1n) is 11.3. The van der Waals surface area contributed by atoms with Gasteiger partial charge in [-0.05, 0) is 49.2 Å². The molecule has 0 aliphatic carbocycles. The van der Waals surface area contributed by atoms with Crippen LogP contribution in [0, 0.1) is 11.3 Å². The number of aliphatic hydroxyl groups excluding tert-OH is 1. The van der Waals surface area contributed by atoms with Gasteiger partial charge in [-0.2, -0.15) is 5.26 Å². The molecule has 1 fully saturated rings. The summed E-state index contributed by atoms with van der Waals surface area (Å²) in [6, 6.07) is 14.8. The molecule has 1 aliphatic heterocycles. The van der Waals surface area contributed by atoms with Gasteiger partial charge in [-0.15, -0.1) is 0 Å². The summed E-state index contributed by atoms with van der Waals surface area (Å²) in [6.45, 7) is 0.512. The van der Waals surface area contributed by atoms with Gasteiger partial charge in [0.1, 0.15) is 51.7 Å². The summed E-state index contributed by atoms with van der Waals surface area (Å²) >= 11 is 0. The number of aliphatic hydroxyl groups is 1. The average molecular weight is 472 g/mol. The number of nitrogen functional groups attached to an aromatic ring is 1. The van der Waals surface area contributed by atoms with Crippen LogP contribution in [0.2, 0.25) is 0 Å². The third-order valence-corrected chi connectivity index (χ3v) is 6.22. The lowest BCUT2D eigenvalue weighted by atomic mass is 9.98. The highest BCUT2D eigenvalue weighted by Gasteiger charge is 2.27.